The zero-order valence-corrected chi connectivity index (χ0v) is 17.5. The lowest BCUT2D eigenvalue weighted by Crippen LogP contribution is -2.42. The Hall–Kier alpha value is -3.57. The number of H-pyrrole nitrogens is 1. The van der Waals surface area contributed by atoms with Crippen molar-refractivity contribution < 1.29 is 13.2 Å². The third-order valence-corrected chi connectivity index (χ3v) is 5.37. The van der Waals surface area contributed by atoms with Crippen LogP contribution in [0.15, 0.2) is 48.8 Å². The fourth-order valence-corrected chi connectivity index (χ4v) is 3.77. The van der Waals surface area contributed by atoms with Crippen molar-refractivity contribution in [1.82, 2.24) is 35.1 Å². The molecule has 4 heterocycles. The number of benzene rings is 1. The second-order valence-electron chi connectivity index (χ2n) is 7.78. The number of pyridine rings is 1. The monoisotopic (exact) mass is 454 g/mol. The smallest absolute Gasteiger partial charge is 0.324 e. The molecule has 0 bridgehead atoms. The van der Waals surface area contributed by atoms with Crippen molar-refractivity contribution in [2.45, 2.75) is 12.7 Å². The lowest BCUT2D eigenvalue weighted by atomic mass is 10.1. The summed E-state index contributed by atoms with van der Waals surface area (Å²) >= 11 is 0. The first-order valence-corrected chi connectivity index (χ1v) is 10.5. The first-order chi connectivity index (χ1) is 15.9. The molecule has 170 valence electrons. The number of aromatic nitrogens is 5. The summed E-state index contributed by atoms with van der Waals surface area (Å²) in [6.45, 7) is 4.84. The van der Waals surface area contributed by atoms with Gasteiger partial charge in [-0.25, -0.2) is 19.9 Å². The summed E-state index contributed by atoms with van der Waals surface area (Å²) in [5.41, 5.74) is 3.20. The predicted molar refractivity (Wildman–Crippen MR) is 118 cm³/mol. The van der Waals surface area contributed by atoms with Crippen LogP contribution in [0.3, 0.4) is 0 Å². The number of nitrogens with zero attached hydrogens (tertiary/aromatic N) is 5. The van der Waals surface area contributed by atoms with Crippen molar-refractivity contribution >= 4 is 22.8 Å². The summed E-state index contributed by atoms with van der Waals surface area (Å²) < 4.78 is 38.8. The Balaban J connectivity index is 1.35. The lowest BCUT2D eigenvalue weighted by Gasteiger charge is -2.27. The molecule has 1 saturated heterocycles. The number of alkyl halides is 3. The van der Waals surface area contributed by atoms with Crippen molar-refractivity contribution in [3.8, 4) is 11.3 Å². The Kier molecular flexibility index (Phi) is 5.65. The van der Waals surface area contributed by atoms with Crippen LogP contribution < -0.4 is 10.6 Å². The molecule has 0 unspecified atom stereocenters. The minimum absolute atomic E-state index is 0.186. The molecule has 0 radical (unpaired) electrons. The summed E-state index contributed by atoms with van der Waals surface area (Å²) in [6.07, 6.45) is -1.74. The van der Waals surface area contributed by atoms with Gasteiger partial charge in [-0.3, -0.25) is 4.90 Å². The molecule has 0 aliphatic carbocycles. The number of piperazine rings is 1. The van der Waals surface area contributed by atoms with E-state index in [9.17, 15) is 13.2 Å². The number of imidazole rings is 1. The Bertz CT molecular complexity index is 1260. The van der Waals surface area contributed by atoms with Crippen molar-refractivity contribution in [1.29, 1.82) is 0 Å². The number of rotatable bonds is 5. The van der Waals surface area contributed by atoms with E-state index >= 15 is 0 Å². The number of nitrogens with one attached hydrogen (secondary N) is 3. The van der Waals surface area contributed by atoms with Crippen LogP contribution in [0, 0.1) is 0 Å². The molecule has 1 aliphatic heterocycles. The summed E-state index contributed by atoms with van der Waals surface area (Å²) in [5.74, 6) is -0.0148. The van der Waals surface area contributed by atoms with Crippen LogP contribution >= 0.6 is 0 Å². The van der Waals surface area contributed by atoms with E-state index in [4.69, 9.17) is 0 Å². The Labute approximate surface area is 187 Å². The van der Waals surface area contributed by atoms with Crippen molar-refractivity contribution in [2.24, 2.45) is 0 Å². The van der Waals surface area contributed by atoms with E-state index < -0.39 is 12.0 Å². The van der Waals surface area contributed by atoms with Crippen LogP contribution in [0.25, 0.3) is 22.3 Å². The van der Waals surface area contributed by atoms with Gasteiger partial charge in [0.2, 0.25) is 11.8 Å². The SMILES string of the molecule is FC(F)(F)c1nccc(-c2ccc3nc(Nc4cc(CN5CCNCC5)ccn4)[nH]c3c2)n1. The standard InChI is InChI=1S/C22H21F3N8/c23-22(24,25)20-28-6-4-16(29-20)15-1-2-17-18(12-15)31-21(30-17)32-19-11-14(3-5-27-19)13-33-9-7-26-8-10-33/h1-6,11-12,26H,7-10,13H2,(H2,27,30,31,32). The summed E-state index contributed by atoms with van der Waals surface area (Å²) in [7, 11) is 0. The van der Waals surface area contributed by atoms with E-state index in [0.29, 0.717) is 28.4 Å². The topological polar surface area (TPSA) is 94.6 Å². The highest BCUT2D eigenvalue weighted by Gasteiger charge is 2.34. The average Bonchev–Trinajstić information content (AvgIpc) is 3.21. The van der Waals surface area contributed by atoms with Gasteiger partial charge in [0.25, 0.3) is 0 Å². The molecule has 3 aromatic heterocycles. The zero-order chi connectivity index (χ0) is 22.8. The summed E-state index contributed by atoms with van der Waals surface area (Å²) in [5, 5.41) is 6.52. The number of aromatic amines is 1. The second-order valence-corrected chi connectivity index (χ2v) is 7.78. The van der Waals surface area contributed by atoms with Gasteiger partial charge in [0.1, 0.15) is 5.82 Å². The first kappa shape index (κ1) is 21.3. The van der Waals surface area contributed by atoms with E-state index in [1.54, 1.807) is 24.4 Å². The molecule has 0 spiro atoms. The van der Waals surface area contributed by atoms with Crippen LogP contribution in [0.1, 0.15) is 11.4 Å². The normalized spacial score (nSPS) is 15.1. The van der Waals surface area contributed by atoms with Crippen LogP contribution in [-0.2, 0) is 12.7 Å². The van der Waals surface area contributed by atoms with Gasteiger partial charge >= 0.3 is 6.18 Å². The Morgan fingerprint density at radius 3 is 2.61 bits per heavy atom. The number of fused-ring (bicyclic) bond motifs is 1. The molecule has 5 rings (SSSR count). The molecular formula is C22H21F3N8. The number of hydrogen-bond acceptors (Lipinski definition) is 7. The van der Waals surface area contributed by atoms with Crippen LogP contribution in [-0.4, -0.2) is 56.0 Å². The van der Waals surface area contributed by atoms with E-state index in [2.05, 4.69) is 40.5 Å². The van der Waals surface area contributed by atoms with Crippen LogP contribution in [0.5, 0.6) is 0 Å². The highest BCUT2D eigenvalue weighted by Crippen LogP contribution is 2.29. The lowest BCUT2D eigenvalue weighted by molar-refractivity contribution is -0.144. The van der Waals surface area contributed by atoms with E-state index in [1.165, 1.54) is 6.07 Å². The molecule has 11 heteroatoms. The van der Waals surface area contributed by atoms with Gasteiger partial charge in [-0.2, -0.15) is 13.2 Å². The summed E-state index contributed by atoms with van der Waals surface area (Å²) in [4.78, 5) is 21.4. The van der Waals surface area contributed by atoms with E-state index in [1.807, 2.05) is 12.1 Å². The molecule has 33 heavy (non-hydrogen) atoms. The fourth-order valence-electron chi connectivity index (χ4n) is 3.77. The van der Waals surface area contributed by atoms with Crippen molar-refractivity contribution in [3.63, 3.8) is 0 Å². The maximum atomic E-state index is 12.9. The molecule has 1 fully saturated rings. The van der Waals surface area contributed by atoms with Crippen LogP contribution in [0.2, 0.25) is 0 Å². The van der Waals surface area contributed by atoms with Gasteiger partial charge in [0.15, 0.2) is 0 Å². The summed E-state index contributed by atoms with van der Waals surface area (Å²) in [6, 6.07) is 10.6. The number of halogens is 3. The first-order valence-electron chi connectivity index (χ1n) is 10.5. The fraction of sp³-hybridized carbons (Fsp3) is 0.273. The molecule has 1 aromatic carbocycles. The minimum Gasteiger partial charge on any atom is -0.324 e. The molecule has 8 nitrogen and oxygen atoms in total. The van der Waals surface area contributed by atoms with Gasteiger partial charge in [0.05, 0.1) is 16.7 Å². The quantitative estimate of drug-likeness (QED) is 0.424. The molecule has 1 aliphatic rings. The number of hydrogen-bond donors (Lipinski definition) is 3. The molecule has 0 atom stereocenters. The van der Waals surface area contributed by atoms with Crippen LogP contribution in [0.4, 0.5) is 24.9 Å². The maximum Gasteiger partial charge on any atom is 0.451 e. The number of anilines is 2. The highest BCUT2D eigenvalue weighted by atomic mass is 19.4. The molecule has 4 aromatic rings. The van der Waals surface area contributed by atoms with Crippen molar-refractivity contribution in [2.75, 3.05) is 31.5 Å². The Morgan fingerprint density at radius 2 is 1.79 bits per heavy atom. The van der Waals surface area contributed by atoms with Gasteiger partial charge in [-0.1, -0.05) is 6.07 Å². The third kappa shape index (κ3) is 4.94. The Morgan fingerprint density at radius 1 is 0.970 bits per heavy atom. The van der Waals surface area contributed by atoms with Gasteiger partial charge in [0, 0.05) is 50.7 Å². The van der Waals surface area contributed by atoms with Gasteiger partial charge in [-0.15, -0.1) is 0 Å². The highest BCUT2D eigenvalue weighted by molar-refractivity contribution is 5.83. The second kappa shape index (κ2) is 8.75. The molecule has 0 amide bonds. The molecule has 0 saturated carbocycles. The minimum atomic E-state index is -4.60. The predicted octanol–water partition coefficient (Wildman–Crippen LogP) is 3.58. The van der Waals surface area contributed by atoms with E-state index in [-0.39, 0.29) is 5.69 Å². The van der Waals surface area contributed by atoms with Gasteiger partial charge in [-0.05, 0) is 35.9 Å². The van der Waals surface area contributed by atoms with Gasteiger partial charge < -0.3 is 15.6 Å². The zero-order valence-electron chi connectivity index (χ0n) is 17.5. The maximum absolute atomic E-state index is 12.9. The third-order valence-electron chi connectivity index (χ3n) is 5.37. The van der Waals surface area contributed by atoms with E-state index in [0.717, 1.165) is 44.5 Å². The molecule has 3 N–H and O–H groups in total. The van der Waals surface area contributed by atoms with Crippen molar-refractivity contribution in [3.05, 3.63) is 60.2 Å². The largest absolute Gasteiger partial charge is 0.451 e. The average molecular weight is 454 g/mol. The molecular weight excluding hydrogens is 433 g/mol.